The van der Waals surface area contributed by atoms with Gasteiger partial charge in [0.2, 0.25) is 0 Å². The molecular formula is C29H26BrF2N3O2. The Kier molecular flexibility index (Phi) is 8.74. The zero-order chi connectivity index (χ0) is 26.4. The number of Topliss-reactive ketones (excluding diaryl/α,β-unsaturated/α-hetero) is 1. The molecule has 0 bridgehead atoms. The third-order valence-corrected chi connectivity index (χ3v) is 6.46. The van der Waals surface area contributed by atoms with Gasteiger partial charge in [0, 0.05) is 33.8 Å². The van der Waals surface area contributed by atoms with Gasteiger partial charge in [0.25, 0.3) is 0 Å². The maximum absolute atomic E-state index is 14.1. The van der Waals surface area contributed by atoms with Gasteiger partial charge >= 0.3 is 0 Å². The molecule has 190 valence electrons. The number of anilines is 1. The number of carbonyl (C=O) groups is 1. The van der Waals surface area contributed by atoms with Crippen molar-refractivity contribution in [1.29, 1.82) is 0 Å². The van der Waals surface area contributed by atoms with Gasteiger partial charge in [0.15, 0.2) is 5.78 Å². The number of benzene rings is 3. The van der Waals surface area contributed by atoms with Crippen LogP contribution < -0.4 is 5.32 Å². The molecule has 0 fully saturated rings. The molecular weight excluding hydrogens is 540 g/mol. The van der Waals surface area contributed by atoms with Crippen LogP contribution in [0.15, 0.2) is 77.5 Å². The molecule has 4 aromatic rings. The first-order chi connectivity index (χ1) is 17.9. The minimum absolute atomic E-state index is 0.00660. The summed E-state index contributed by atoms with van der Waals surface area (Å²) in [5.41, 5.74) is 3.30. The zero-order valence-electron chi connectivity index (χ0n) is 20.2. The fraction of sp³-hybridized carbons (Fsp3) is 0.207. The quantitative estimate of drug-likeness (QED) is 0.209. The Morgan fingerprint density at radius 1 is 1.00 bits per heavy atom. The van der Waals surface area contributed by atoms with Crippen molar-refractivity contribution in [2.75, 3.05) is 11.9 Å². The van der Waals surface area contributed by atoms with Crippen molar-refractivity contribution < 1.29 is 18.7 Å². The molecule has 0 aliphatic rings. The highest BCUT2D eigenvalue weighted by molar-refractivity contribution is 9.10. The van der Waals surface area contributed by atoms with E-state index in [0.717, 1.165) is 17.5 Å². The maximum atomic E-state index is 14.1. The minimum Gasteiger partial charge on any atom is -0.380 e. The highest BCUT2D eigenvalue weighted by Gasteiger charge is 2.22. The van der Waals surface area contributed by atoms with E-state index in [2.05, 4.69) is 31.2 Å². The largest absolute Gasteiger partial charge is 0.380 e. The number of nitrogens with zero attached hydrogens (tertiary/aromatic N) is 2. The molecule has 3 aromatic carbocycles. The third-order valence-electron chi connectivity index (χ3n) is 6.00. The molecule has 4 rings (SSSR count). The van der Waals surface area contributed by atoms with E-state index in [9.17, 15) is 18.7 Å². The molecule has 0 spiro atoms. The Labute approximate surface area is 222 Å². The number of hydrogen-bond donors (Lipinski definition) is 2. The Balaban J connectivity index is 1.52. The maximum Gasteiger partial charge on any atom is 0.196 e. The number of aliphatic hydroxyl groups excluding tert-OH is 1. The van der Waals surface area contributed by atoms with E-state index < -0.39 is 17.7 Å². The lowest BCUT2D eigenvalue weighted by molar-refractivity contribution is 0.0746. The molecule has 8 heteroatoms. The van der Waals surface area contributed by atoms with Gasteiger partial charge in [-0.3, -0.25) is 4.79 Å². The predicted molar refractivity (Wildman–Crippen MR) is 143 cm³/mol. The van der Waals surface area contributed by atoms with Crippen molar-refractivity contribution in [3.8, 4) is 11.3 Å². The first kappa shape index (κ1) is 26.6. The number of aliphatic hydroxyl groups is 1. The molecule has 1 aromatic heterocycles. The summed E-state index contributed by atoms with van der Waals surface area (Å²) in [5, 5.41) is 13.7. The van der Waals surface area contributed by atoms with Crippen LogP contribution in [0.1, 0.15) is 46.5 Å². The molecule has 1 unspecified atom stereocenters. The lowest BCUT2D eigenvalue weighted by atomic mass is 9.92. The van der Waals surface area contributed by atoms with Crippen molar-refractivity contribution in [1.82, 2.24) is 9.97 Å². The first-order valence-electron chi connectivity index (χ1n) is 12.0. The van der Waals surface area contributed by atoms with E-state index in [-0.39, 0.29) is 24.3 Å². The number of rotatable bonds is 10. The molecule has 0 saturated carbocycles. The van der Waals surface area contributed by atoms with E-state index in [4.69, 9.17) is 0 Å². The van der Waals surface area contributed by atoms with Crippen LogP contribution in [-0.2, 0) is 12.8 Å². The summed E-state index contributed by atoms with van der Waals surface area (Å²) in [6.07, 6.45) is 1.81. The van der Waals surface area contributed by atoms with Gasteiger partial charge in [-0.2, -0.15) is 0 Å². The van der Waals surface area contributed by atoms with Gasteiger partial charge in [-0.1, -0.05) is 71.7 Å². The lowest BCUT2D eigenvalue weighted by Crippen LogP contribution is -2.14. The second kappa shape index (κ2) is 12.2. The normalized spacial score (nSPS) is 11.8. The molecule has 2 N–H and O–H groups in total. The van der Waals surface area contributed by atoms with Gasteiger partial charge in [0.05, 0.1) is 5.69 Å². The topological polar surface area (TPSA) is 75.1 Å². The number of hydrogen-bond acceptors (Lipinski definition) is 5. The predicted octanol–water partition coefficient (Wildman–Crippen LogP) is 6.71. The van der Waals surface area contributed by atoms with Crippen LogP contribution in [0.4, 0.5) is 14.6 Å². The second-order valence-corrected chi connectivity index (χ2v) is 9.53. The van der Waals surface area contributed by atoms with Crippen LogP contribution in [0.5, 0.6) is 0 Å². The smallest absolute Gasteiger partial charge is 0.196 e. The molecule has 0 saturated heterocycles. The second-order valence-electron chi connectivity index (χ2n) is 8.61. The van der Waals surface area contributed by atoms with E-state index in [1.54, 1.807) is 42.5 Å². The van der Waals surface area contributed by atoms with Crippen LogP contribution in [0.25, 0.3) is 11.3 Å². The molecule has 0 aliphatic heterocycles. The number of nitrogens with one attached hydrogen (secondary N) is 1. The summed E-state index contributed by atoms with van der Waals surface area (Å²) >= 11 is 3.08. The van der Waals surface area contributed by atoms with Crippen molar-refractivity contribution in [2.45, 2.75) is 32.3 Å². The van der Waals surface area contributed by atoms with Gasteiger partial charge in [-0.15, -0.1) is 0 Å². The van der Waals surface area contributed by atoms with Gasteiger partial charge in [0.1, 0.15) is 29.9 Å². The molecule has 1 heterocycles. The Morgan fingerprint density at radius 3 is 2.43 bits per heavy atom. The highest BCUT2D eigenvalue weighted by Crippen LogP contribution is 2.27. The molecule has 37 heavy (non-hydrogen) atoms. The van der Waals surface area contributed by atoms with E-state index in [1.165, 1.54) is 18.5 Å². The molecule has 0 amide bonds. The number of halogens is 3. The summed E-state index contributed by atoms with van der Waals surface area (Å²) in [6, 6.07) is 18.5. The monoisotopic (exact) mass is 565 g/mol. The summed E-state index contributed by atoms with van der Waals surface area (Å²) in [6.45, 7) is 2.30. The van der Waals surface area contributed by atoms with Crippen molar-refractivity contribution in [3.63, 3.8) is 0 Å². The van der Waals surface area contributed by atoms with Crippen LogP contribution in [-0.4, -0.2) is 27.4 Å². The Morgan fingerprint density at radius 2 is 1.73 bits per heavy atom. The van der Waals surface area contributed by atoms with E-state index in [0.29, 0.717) is 33.5 Å². The third kappa shape index (κ3) is 6.45. The van der Waals surface area contributed by atoms with Crippen LogP contribution in [0.3, 0.4) is 0 Å². The fourth-order valence-electron chi connectivity index (χ4n) is 4.14. The lowest BCUT2D eigenvalue weighted by Gasteiger charge is -2.15. The van der Waals surface area contributed by atoms with E-state index >= 15 is 0 Å². The molecule has 5 nitrogen and oxygen atoms in total. The van der Waals surface area contributed by atoms with Crippen LogP contribution in [0, 0.1) is 11.6 Å². The Hall–Kier alpha value is -3.49. The van der Waals surface area contributed by atoms with Gasteiger partial charge in [-0.25, -0.2) is 18.7 Å². The Bertz CT molecular complexity index is 1380. The molecule has 1 atom stereocenters. The van der Waals surface area contributed by atoms with Crippen LogP contribution in [0.2, 0.25) is 0 Å². The van der Waals surface area contributed by atoms with E-state index in [1.807, 2.05) is 19.1 Å². The highest BCUT2D eigenvalue weighted by atomic mass is 79.9. The number of aromatic nitrogens is 2. The van der Waals surface area contributed by atoms with Crippen molar-refractivity contribution >= 4 is 27.5 Å². The number of carbonyl (C=O) groups excluding carboxylic acids is 1. The summed E-state index contributed by atoms with van der Waals surface area (Å²) in [5.74, 6) is -1.04. The minimum atomic E-state index is -1.24. The standard InChI is InChI=1S/C29H26BrF2N3O2/c1-2-6-19-13-20(9-10-22(19)29(37)28(36)18-7-4-3-5-8-18)26-16-27(35-17-34-26)33-12-11-23-24(31)14-21(30)15-25(23)32/h3-5,7-10,13-17,28,36H,2,6,11-12H2,1H3,(H,33,34,35). The average molecular weight is 566 g/mol. The molecule has 0 radical (unpaired) electrons. The summed E-state index contributed by atoms with van der Waals surface area (Å²) < 4.78 is 28.5. The average Bonchev–Trinajstić information content (AvgIpc) is 2.90. The summed E-state index contributed by atoms with van der Waals surface area (Å²) in [4.78, 5) is 21.7. The summed E-state index contributed by atoms with van der Waals surface area (Å²) in [7, 11) is 0. The van der Waals surface area contributed by atoms with Crippen LogP contribution >= 0.6 is 15.9 Å². The van der Waals surface area contributed by atoms with Gasteiger partial charge in [-0.05, 0) is 42.2 Å². The zero-order valence-corrected chi connectivity index (χ0v) is 21.8. The molecule has 0 aliphatic carbocycles. The SMILES string of the molecule is CCCc1cc(-c2cc(NCCc3c(F)cc(Br)cc3F)ncn2)ccc1C(=O)C(O)c1ccccc1. The van der Waals surface area contributed by atoms with Crippen molar-refractivity contribution in [2.24, 2.45) is 0 Å². The van der Waals surface area contributed by atoms with Gasteiger partial charge < -0.3 is 10.4 Å². The number of aryl methyl sites for hydroxylation is 1. The first-order valence-corrected chi connectivity index (χ1v) is 12.8. The number of ketones is 1. The van der Waals surface area contributed by atoms with Crippen molar-refractivity contribution in [3.05, 3.63) is 111 Å². The fourth-order valence-corrected chi connectivity index (χ4v) is 4.54.